The zero-order chi connectivity index (χ0) is 29.5. The van der Waals surface area contributed by atoms with Crippen LogP contribution in [0.4, 0.5) is 10.8 Å². The number of nitrogen functional groups attached to an aromatic ring is 1. The van der Waals surface area contributed by atoms with Gasteiger partial charge in [0.15, 0.2) is 10.8 Å². The third-order valence-electron chi connectivity index (χ3n) is 5.81. The van der Waals surface area contributed by atoms with Gasteiger partial charge in [0.2, 0.25) is 0 Å². The molecule has 216 valence electrons. The maximum atomic E-state index is 12.9. The topological polar surface area (TPSA) is 206 Å². The first-order valence-corrected chi connectivity index (χ1v) is 14.0. The maximum Gasteiger partial charge on any atom is 0.354 e. The monoisotopic (exact) mass is 604 g/mol. The molecule has 1 aromatic heterocycles. The molecule has 2 aliphatic rings. The summed E-state index contributed by atoms with van der Waals surface area (Å²) in [5.74, 6) is -2.03. The highest BCUT2D eigenvalue weighted by Crippen LogP contribution is 2.37. The normalized spacial score (nSPS) is 18.0. The van der Waals surface area contributed by atoms with E-state index in [1.807, 2.05) is 0 Å². The Balaban J connectivity index is 1.22. The number of aromatic nitrogens is 1. The molecule has 1 aromatic carbocycles. The molecule has 1 unspecified atom stereocenters. The fourth-order valence-corrected chi connectivity index (χ4v) is 5.58. The van der Waals surface area contributed by atoms with Crippen molar-refractivity contribution in [1.82, 2.24) is 15.2 Å². The Bertz CT molecular complexity index is 1410. The lowest BCUT2D eigenvalue weighted by Gasteiger charge is -2.48. The fraction of sp³-hybridized carbons (Fsp3) is 0.333. The van der Waals surface area contributed by atoms with Crippen molar-refractivity contribution < 1.29 is 38.4 Å². The Morgan fingerprint density at radius 3 is 2.68 bits per heavy atom. The third-order valence-corrected chi connectivity index (χ3v) is 7.67. The van der Waals surface area contributed by atoms with Gasteiger partial charge in [-0.15, -0.1) is 23.1 Å². The standard InChI is InChI=1S/C24H24N6O9S2/c1-37-28-18(15-12-41-24(25)26-15)20(32)27-19-21(33)29-16(8-10-40-22(19)29)23(34)38-9-2-3-17(31)39-11-13-4-6-14(7-5-13)30(35)36/h4-8,12,19,22H,2-3,9-11H2,1H3,(H2,25,26)(H,27,32)/t19?,22-/m0/s1. The first kappa shape index (κ1) is 29.5. The molecule has 2 amide bonds. The number of non-ortho nitro benzene ring substituents is 1. The van der Waals surface area contributed by atoms with E-state index in [9.17, 15) is 29.3 Å². The number of nitrogens with zero attached hydrogens (tertiary/aromatic N) is 4. The molecule has 0 radical (unpaired) electrons. The number of amides is 2. The van der Waals surface area contributed by atoms with E-state index in [0.29, 0.717) is 11.3 Å². The first-order chi connectivity index (χ1) is 19.7. The van der Waals surface area contributed by atoms with Crippen LogP contribution in [0.25, 0.3) is 0 Å². The highest BCUT2D eigenvalue weighted by molar-refractivity contribution is 8.00. The molecule has 1 fully saturated rings. The summed E-state index contributed by atoms with van der Waals surface area (Å²) in [5.41, 5.74) is 6.28. The average Bonchev–Trinajstić information content (AvgIpc) is 3.40. The number of carbonyl (C=O) groups excluding carboxylic acids is 4. The summed E-state index contributed by atoms with van der Waals surface area (Å²) in [5, 5.41) is 18.3. The first-order valence-electron chi connectivity index (χ1n) is 12.0. The Hall–Kier alpha value is -4.51. The molecule has 0 spiro atoms. The number of oxime groups is 1. The van der Waals surface area contributed by atoms with Crippen molar-refractivity contribution in [3.8, 4) is 0 Å². The Morgan fingerprint density at radius 2 is 2.02 bits per heavy atom. The van der Waals surface area contributed by atoms with E-state index in [0.717, 1.165) is 11.3 Å². The summed E-state index contributed by atoms with van der Waals surface area (Å²) in [6, 6.07) is 4.71. The molecule has 3 N–H and O–H groups in total. The number of thioether (sulfide) groups is 1. The number of anilines is 1. The second-order valence-electron chi connectivity index (χ2n) is 8.49. The Labute approximate surface area is 240 Å². The number of hydrogen-bond donors (Lipinski definition) is 2. The molecule has 0 bridgehead atoms. The number of nitrogens with two attached hydrogens (primary N) is 1. The molecule has 4 rings (SSSR count). The zero-order valence-electron chi connectivity index (χ0n) is 21.5. The summed E-state index contributed by atoms with van der Waals surface area (Å²) in [4.78, 5) is 70.6. The van der Waals surface area contributed by atoms with Crippen LogP contribution in [0.1, 0.15) is 24.1 Å². The van der Waals surface area contributed by atoms with Gasteiger partial charge in [0.1, 0.15) is 36.5 Å². The van der Waals surface area contributed by atoms with E-state index in [4.69, 9.17) is 20.0 Å². The lowest BCUT2D eigenvalue weighted by molar-refractivity contribution is -0.384. The van der Waals surface area contributed by atoms with Crippen LogP contribution in [-0.4, -0.2) is 75.2 Å². The van der Waals surface area contributed by atoms with Gasteiger partial charge in [-0.2, -0.15) is 0 Å². The maximum absolute atomic E-state index is 12.9. The van der Waals surface area contributed by atoms with Gasteiger partial charge in [0.05, 0.1) is 11.5 Å². The summed E-state index contributed by atoms with van der Waals surface area (Å²) in [7, 11) is 1.27. The molecule has 17 heteroatoms. The number of thiazole rings is 1. The number of fused-ring (bicyclic) bond motifs is 1. The van der Waals surface area contributed by atoms with Crippen LogP contribution in [0, 0.1) is 10.1 Å². The van der Waals surface area contributed by atoms with E-state index in [1.165, 1.54) is 53.4 Å². The summed E-state index contributed by atoms with van der Waals surface area (Å²) < 4.78 is 10.4. The molecule has 2 atom stereocenters. The van der Waals surface area contributed by atoms with Crippen LogP contribution < -0.4 is 11.1 Å². The number of rotatable bonds is 12. The van der Waals surface area contributed by atoms with Gasteiger partial charge in [-0.3, -0.25) is 29.4 Å². The van der Waals surface area contributed by atoms with Crippen LogP contribution in [0.2, 0.25) is 0 Å². The smallest absolute Gasteiger partial charge is 0.354 e. The Kier molecular flexibility index (Phi) is 9.51. The molecule has 1 saturated heterocycles. The minimum absolute atomic E-state index is 0.0233. The second-order valence-corrected chi connectivity index (χ2v) is 10.5. The number of esters is 2. The summed E-state index contributed by atoms with van der Waals surface area (Å²) in [6.07, 6.45) is 1.73. The predicted molar refractivity (Wildman–Crippen MR) is 146 cm³/mol. The van der Waals surface area contributed by atoms with Crippen molar-refractivity contribution in [1.29, 1.82) is 0 Å². The van der Waals surface area contributed by atoms with Crippen molar-refractivity contribution >= 4 is 63.4 Å². The second kappa shape index (κ2) is 13.2. The van der Waals surface area contributed by atoms with Crippen molar-refractivity contribution in [2.24, 2.45) is 5.16 Å². The number of nitro groups is 1. The highest BCUT2D eigenvalue weighted by Gasteiger charge is 2.53. The van der Waals surface area contributed by atoms with Crippen molar-refractivity contribution in [2.75, 3.05) is 25.2 Å². The van der Waals surface area contributed by atoms with Crippen LogP contribution in [-0.2, 0) is 40.1 Å². The molecular weight excluding hydrogens is 580 g/mol. The number of ether oxygens (including phenoxy) is 2. The van der Waals surface area contributed by atoms with E-state index in [2.05, 4.69) is 15.5 Å². The molecule has 0 aliphatic carbocycles. The number of nitrogens with one attached hydrogen (secondary N) is 1. The predicted octanol–water partition coefficient (Wildman–Crippen LogP) is 1.33. The summed E-state index contributed by atoms with van der Waals surface area (Å²) >= 11 is 2.47. The van der Waals surface area contributed by atoms with Gasteiger partial charge in [0, 0.05) is 29.7 Å². The van der Waals surface area contributed by atoms with Gasteiger partial charge in [-0.05, 0) is 30.2 Å². The van der Waals surface area contributed by atoms with Crippen LogP contribution in [0.15, 0.2) is 46.6 Å². The van der Waals surface area contributed by atoms with Crippen molar-refractivity contribution in [2.45, 2.75) is 30.9 Å². The van der Waals surface area contributed by atoms with Crippen LogP contribution >= 0.6 is 23.1 Å². The van der Waals surface area contributed by atoms with Gasteiger partial charge in [-0.1, -0.05) is 5.16 Å². The molecule has 0 saturated carbocycles. The number of benzene rings is 1. The van der Waals surface area contributed by atoms with E-state index in [-0.39, 0.29) is 54.0 Å². The SMILES string of the molecule is CON=C(C(=O)NC1C(=O)N2C(C(=O)OCCCC(=O)OCc3ccc([N+](=O)[O-])cc3)=CCS[C@@H]12)c1csc(N)n1. The average molecular weight is 605 g/mol. The van der Waals surface area contributed by atoms with Gasteiger partial charge in [0.25, 0.3) is 17.5 Å². The molecule has 15 nitrogen and oxygen atoms in total. The number of carbonyl (C=O) groups is 4. The van der Waals surface area contributed by atoms with Crippen molar-refractivity contribution in [3.05, 3.63) is 62.8 Å². The lowest BCUT2D eigenvalue weighted by atomic mass is 10.0. The quantitative estimate of drug-likeness (QED) is 0.0879. The summed E-state index contributed by atoms with van der Waals surface area (Å²) in [6.45, 7) is -0.135. The molecule has 41 heavy (non-hydrogen) atoms. The fourth-order valence-electron chi connectivity index (χ4n) is 3.84. The van der Waals surface area contributed by atoms with Crippen LogP contribution in [0.5, 0.6) is 0 Å². The largest absolute Gasteiger partial charge is 0.461 e. The molecule has 2 aliphatic heterocycles. The van der Waals surface area contributed by atoms with Crippen LogP contribution in [0.3, 0.4) is 0 Å². The lowest BCUT2D eigenvalue weighted by Crippen LogP contribution is -2.70. The van der Waals surface area contributed by atoms with E-state index in [1.54, 1.807) is 6.08 Å². The van der Waals surface area contributed by atoms with E-state index >= 15 is 0 Å². The highest BCUT2D eigenvalue weighted by atomic mass is 32.2. The number of β-lactam (4-membered cyclic amide) rings is 1. The molecule has 3 heterocycles. The minimum Gasteiger partial charge on any atom is -0.461 e. The Morgan fingerprint density at radius 1 is 1.27 bits per heavy atom. The number of hydrogen-bond acceptors (Lipinski definition) is 14. The van der Waals surface area contributed by atoms with Crippen molar-refractivity contribution in [3.63, 3.8) is 0 Å². The van der Waals surface area contributed by atoms with Gasteiger partial charge >= 0.3 is 11.9 Å². The van der Waals surface area contributed by atoms with E-state index < -0.39 is 40.1 Å². The minimum atomic E-state index is -0.910. The molecule has 2 aromatic rings. The third kappa shape index (κ3) is 6.98. The number of nitro benzene ring substituents is 1. The zero-order valence-corrected chi connectivity index (χ0v) is 23.1. The van der Waals surface area contributed by atoms with Gasteiger partial charge < -0.3 is 25.4 Å². The van der Waals surface area contributed by atoms with Gasteiger partial charge in [-0.25, -0.2) is 9.78 Å². The molecular formula is C24H24N6O9S2.